The second-order valence-corrected chi connectivity index (χ2v) is 6.33. The van der Waals surface area contributed by atoms with Crippen molar-refractivity contribution in [2.24, 2.45) is 7.05 Å². The summed E-state index contributed by atoms with van der Waals surface area (Å²) in [6, 6.07) is 1.88. The Morgan fingerprint density at radius 2 is 2.40 bits per heavy atom. The van der Waals surface area contributed by atoms with Gasteiger partial charge in [0.15, 0.2) is 4.34 Å². The van der Waals surface area contributed by atoms with Gasteiger partial charge in [0.2, 0.25) is 11.0 Å². The van der Waals surface area contributed by atoms with Crippen molar-refractivity contribution < 1.29 is 4.79 Å². The van der Waals surface area contributed by atoms with Gasteiger partial charge >= 0.3 is 0 Å². The summed E-state index contributed by atoms with van der Waals surface area (Å²) in [6.45, 7) is 2.02. The number of aromatic nitrogens is 4. The number of anilines is 1. The number of thioether (sulfide) groups is 1. The van der Waals surface area contributed by atoms with E-state index in [4.69, 9.17) is 5.73 Å². The summed E-state index contributed by atoms with van der Waals surface area (Å²) < 4.78 is 2.47. The van der Waals surface area contributed by atoms with Gasteiger partial charge in [-0.15, -0.1) is 10.2 Å². The van der Waals surface area contributed by atoms with Crippen LogP contribution >= 0.6 is 23.1 Å². The maximum Gasteiger partial charge on any atom is 0.230 e. The number of aryl methyl sites for hydroxylation is 1. The van der Waals surface area contributed by atoms with Crippen molar-refractivity contribution in [2.45, 2.75) is 23.7 Å². The standard InChI is InChI=1S/C11H16N6OS2/c1-3-7(8-4-5-13-17(8)2)14-9(18)6-19-11-16-15-10(12)20-11/h4-5,7H,3,6H2,1-2H3,(H2,12,15)(H,14,18)/t7-/m0/s1. The van der Waals surface area contributed by atoms with E-state index < -0.39 is 0 Å². The maximum absolute atomic E-state index is 12.0. The summed E-state index contributed by atoms with van der Waals surface area (Å²) in [6.07, 6.45) is 2.53. The second-order valence-electron chi connectivity index (χ2n) is 4.10. The van der Waals surface area contributed by atoms with Crippen LogP contribution in [0.5, 0.6) is 0 Å². The predicted molar refractivity (Wildman–Crippen MR) is 79.4 cm³/mol. The molecule has 0 fully saturated rings. The van der Waals surface area contributed by atoms with Crippen LogP contribution in [0.15, 0.2) is 16.6 Å². The summed E-state index contributed by atoms with van der Waals surface area (Å²) in [4.78, 5) is 12.0. The molecule has 0 aliphatic heterocycles. The van der Waals surface area contributed by atoms with Gasteiger partial charge in [-0.25, -0.2) is 0 Å². The fraction of sp³-hybridized carbons (Fsp3) is 0.455. The highest BCUT2D eigenvalue weighted by molar-refractivity contribution is 8.01. The van der Waals surface area contributed by atoms with Gasteiger partial charge in [0.25, 0.3) is 0 Å². The van der Waals surface area contributed by atoms with Crippen molar-refractivity contribution in [1.82, 2.24) is 25.3 Å². The zero-order valence-electron chi connectivity index (χ0n) is 11.2. The SMILES string of the molecule is CC[C@H](NC(=O)CSc1nnc(N)s1)c1ccnn1C. The highest BCUT2D eigenvalue weighted by Gasteiger charge is 2.16. The number of amides is 1. The van der Waals surface area contributed by atoms with Gasteiger partial charge in [-0.05, 0) is 12.5 Å². The molecule has 0 aliphatic rings. The number of nitrogen functional groups attached to an aromatic ring is 1. The third-order valence-corrected chi connectivity index (χ3v) is 4.59. The van der Waals surface area contributed by atoms with E-state index in [1.807, 2.05) is 20.0 Å². The van der Waals surface area contributed by atoms with Gasteiger partial charge in [0.05, 0.1) is 17.5 Å². The molecule has 108 valence electrons. The predicted octanol–water partition coefficient (Wildman–Crippen LogP) is 1.21. The fourth-order valence-electron chi connectivity index (χ4n) is 1.75. The fourth-order valence-corrected chi connectivity index (χ4v) is 3.20. The van der Waals surface area contributed by atoms with E-state index in [1.165, 1.54) is 23.1 Å². The van der Waals surface area contributed by atoms with Crippen LogP contribution in [-0.2, 0) is 11.8 Å². The number of nitrogens with one attached hydrogen (secondary N) is 1. The van der Waals surface area contributed by atoms with E-state index >= 15 is 0 Å². The van der Waals surface area contributed by atoms with E-state index in [9.17, 15) is 4.79 Å². The molecule has 2 rings (SSSR count). The highest BCUT2D eigenvalue weighted by Crippen LogP contribution is 2.23. The Morgan fingerprint density at radius 1 is 1.60 bits per heavy atom. The first kappa shape index (κ1) is 14.8. The highest BCUT2D eigenvalue weighted by atomic mass is 32.2. The zero-order valence-corrected chi connectivity index (χ0v) is 12.9. The van der Waals surface area contributed by atoms with Crippen LogP contribution in [0.25, 0.3) is 0 Å². The summed E-state index contributed by atoms with van der Waals surface area (Å²) >= 11 is 2.61. The Balaban J connectivity index is 1.88. The van der Waals surface area contributed by atoms with Gasteiger partial charge in [-0.2, -0.15) is 5.10 Å². The Labute approximate surface area is 125 Å². The zero-order chi connectivity index (χ0) is 14.5. The molecule has 2 aromatic heterocycles. The Bertz CT molecular complexity index is 581. The lowest BCUT2D eigenvalue weighted by Crippen LogP contribution is -2.30. The summed E-state index contributed by atoms with van der Waals surface area (Å²) in [5.74, 6) is 0.250. The Hall–Kier alpha value is -1.61. The molecule has 0 unspecified atom stereocenters. The van der Waals surface area contributed by atoms with Crippen LogP contribution in [0.1, 0.15) is 25.1 Å². The first-order valence-corrected chi connectivity index (χ1v) is 7.89. The number of nitrogens with zero attached hydrogens (tertiary/aromatic N) is 4. The lowest BCUT2D eigenvalue weighted by Gasteiger charge is -2.16. The Kier molecular flexibility index (Phi) is 4.96. The molecule has 2 heterocycles. The van der Waals surface area contributed by atoms with Crippen molar-refractivity contribution in [3.8, 4) is 0 Å². The van der Waals surface area contributed by atoms with E-state index in [-0.39, 0.29) is 11.9 Å². The van der Waals surface area contributed by atoms with E-state index in [0.717, 1.165) is 12.1 Å². The minimum atomic E-state index is -0.0446. The Morgan fingerprint density at radius 3 is 2.95 bits per heavy atom. The average Bonchev–Trinajstić information content (AvgIpc) is 3.02. The van der Waals surface area contributed by atoms with Crippen LogP contribution in [0.2, 0.25) is 0 Å². The molecule has 0 saturated heterocycles. The molecule has 0 aliphatic carbocycles. The molecule has 2 aromatic rings. The number of carbonyl (C=O) groups excluding carboxylic acids is 1. The largest absolute Gasteiger partial charge is 0.374 e. The van der Waals surface area contributed by atoms with Crippen LogP contribution in [0.4, 0.5) is 5.13 Å². The molecule has 0 bridgehead atoms. The normalized spacial score (nSPS) is 12.3. The van der Waals surface area contributed by atoms with Crippen LogP contribution < -0.4 is 11.1 Å². The lowest BCUT2D eigenvalue weighted by molar-refractivity contribution is -0.119. The molecular weight excluding hydrogens is 296 g/mol. The number of nitrogens with two attached hydrogens (primary N) is 1. The van der Waals surface area contributed by atoms with Crippen molar-refractivity contribution in [1.29, 1.82) is 0 Å². The minimum Gasteiger partial charge on any atom is -0.374 e. The summed E-state index contributed by atoms with van der Waals surface area (Å²) in [5.41, 5.74) is 6.48. The lowest BCUT2D eigenvalue weighted by atomic mass is 10.1. The molecule has 1 atom stereocenters. The van der Waals surface area contributed by atoms with Crippen LogP contribution in [-0.4, -0.2) is 31.6 Å². The maximum atomic E-state index is 12.0. The van der Waals surface area contributed by atoms with Gasteiger partial charge < -0.3 is 11.1 Å². The van der Waals surface area contributed by atoms with Crippen molar-refractivity contribution in [3.05, 3.63) is 18.0 Å². The van der Waals surface area contributed by atoms with Gasteiger partial charge in [-0.3, -0.25) is 9.48 Å². The van der Waals surface area contributed by atoms with Crippen molar-refractivity contribution in [3.63, 3.8) is 0 Å². The third-order valence-electron chi connectivity index (χ3n) is 2.71. The molecule has 0 aromatic carbocycles. The van der Waals surface area contributed by atoms with Gasteiger partial charge in [0, 0.05) is 13.2 Å². The quantitative estimate of drug-likeness (QED) is 0.778. The van der Waals surface area contributed by atoms with Crippen molar-refractivity contribution in [2.75, 3.05) is 11.5 Å². The molecule has 3 N–H and O–H groups in total. The summed E-state index contributed by atoms with van der Waals surface area (Å²) in [5, 5.41) is 15.1. The average molecular weight is 312 g/mol. The van der Waals surface area contributed by atoms with Crippen molar-refractivity contribution >= 4 is 34.1 Å². The van der Waals surface area contributed by atoms with Gasteiger partial charge in [0.1, 0.15) is 0 Å². The number of rotatable bonds is 6. The smallest absolute Gasteiger partial charge is 0.230 e. The number of hydrogen-bond acceptors (Lipinski definition) is 7. The monoisotopic (exact) mass is 312 g/mol. The molecule has 9 heteroatoms. The van der Waals surface area contributed by atoms with Gasteiger partial charge in [-0.1, -0.05) is 30.0 Å². The number of carbonyl (C=O) groups is 1. The third kappa shape index (κ3) is 3.70. The molecule has 0 saturated carbocycles. The second kappa shape index (κ2) is 6.71. The molecule has 7 nitrogen and oxygen atoms in total. The first-order valence-electron chi connectivity index (χ1n) is 6.09. The topological polar surface area (TPSA) is 98.7 Å². The number of hydrogen-bond donors (Lipinski definition) is 2. The van der Waals surface area contributed by atoms with E-state index in [2.05, 4.69) is 20.6 Å². The van der Waals surface area contributed by atoms with Crippen LogP contribution in [0, 0.1) is 0 Å². The molecule has 0 spiro atoms. The molecule has 20 heavy (non-hydrogen) atoms. The summed E-state index contributed by atoms with van der Waals surface area (Å²) in [7, 11) is 1.86. The minimum absolute atomic E-state index is 0.0323. The molecular formula is C11H16N6OS2. The molecule has 0 radical (unpaired) electrons. The van der Waals surface area contributed by atoms with E-state index in [1.54, 1.807) is 10.9 Å². The molecule has 1 amide bonds. The van der Waals surface area contributed by atoms with E-state index in [0.29, 0.717) is 15.2 Å². The first-order chi connectivity index (χ1) is 9.60. The van der Waals surface area contributed by atoms with Crippen LogP contribution in [0.3, 0.4) is 0 Å².